The van der Waals surface area contributed by atoms with Crippen molar-refractivity contribution in [3.8, 4) is 16.9 Å². The predicted molar refractivity (Wildman–Crippen MR) is 152 cm³/mol. The number of nitrogens with one attached hydrogen (secondary N) is 1. The third-order valence-corrected chi connectivity index (χ3v) is 6.53. The molecule has 8 nitrogen and oxygen atoms in total. The van der Waals surface area contributed by atoms with E-state index in [0.29, 0.717) is 41.8 Å². The van der Waals surface area contributed by atoms with E-state index in [4.69, 9.17) is 4.74 Å². The molecular formula is C32H31N3O5. The van der Waals surface area contributed by atoms with Gasteiger partial charge in [-0.1, -0.05) is 48.5 Å². The number of amides is 2. The van der Waals surface area contributed by atoms with Gasteiger partial charge < -0.3 is 20.1 Å². The van der Waals surface area contributed by atoms with Crippen molar-refractivity contribution < 1.29 is 24.2 Å². The molecule has 0 saturated heterocycles. The molecule has 4 rings (SSSR count). The Morgan fingerprint density at radius 3 is 2.08 bits per heavy atom. The summed E-state index contributed by atoms with van der Waals surface area (Å²) in [6.07, 6.45) is 3.75. The van der Waals surface area contributed by atoms with Crippen LogP contribution < -0.4 is 10.1 Å². The first-order valence-electron chi connectivity index (χ1n) is 13.0. The standard InChI is InChI=1S/C32H31N3O5/c1-40-25-12-10-24(11-13-25)22-34-31(38)28-8-4-2-6-26(28)27-7-3-5-9-29(27)32(39)35(21-17-30(36)37)20-16-23-14-18-33-19-15-23/h2-15,18-19H,16-17,20-22H2,1H3,(H,34,38)(H,36,37). The molecule has 1 aromatic heterocycles. The fourth-order valence-electron chi connectivity index (χ4n) is 4.37. The number of carboxylic acid groups (broad SMARTS) is 1. The SMILES string of the molecule is COc1ccc(CNC(=O)c2ccccc2-c2ccccc2C(=O)N(CCC(=O)O)CCc2ccncc2)cc1. The zero-order valence-electron chi connectivity index (χ0n) is 22.2. The Hall–Kier alpha value is -4.98. The lowest BCUT2D eigenvalue weighted by Crippen LogP contribution is -2.35. The molecule has 0 spiro atoms. The van der Waals surface area contributed by atoms with Gasteiger partial charge in [-0.05, 0) is 65.1 Å². The first kappa shape index (κ1) is 28.0. The molecular weight excluding hydrogens is 506 g/mol. The van der Waals surface area contributed by atoms with Gasteiger partial charge in [-0.3, -0.25) is 19.4 Å². The molecule has 0 radical (unpaired) electrons. The Kier molecular flexibility index (Phi) is 9.61. The summed E-state index contributed by atoms with van der Waals surface area (Å²) in [5.41, 5.74) is 3.97. The van der Waals surface area contributed by atoms with E-state index in [9.17, 15) is 19.5 Å². The second kappa shape index (κ2) is 13.7. The second-order valence-electron chi connectivity index (χ2n) is 9.16. The number of ether oxygens (including phenoxy) is 1. The van der Waals surface area contributed by atoms with Crippen molar-refractivity contribution in [2.24, 2.45) is 0 Å². The summed E-state index contributed by atoms with van der Waals surface area (Å²) in [6.45, 7) is 0.738. The molecule has 0 bridgehead atoms. The monoisotopic (exact) mass is 537 g/mol. The predicted octanol–water partition coefficient (Wildman–Crippen LogP) is 4.85. The Morgan fingerprint density at radius 2 is 1.43 bits per heavy atom. The highest BCUT2D eigenvalue weighted by Gasteiger charge is 2.22. The van der Waals surface area contributed by atoms with Crippen LogP contribution >= 0.6 is 0 Å². The normalized spacial score (nSPS) is 10.5. The highest BCUT2D eigenvalue weighted by atomic mass is 16.5. The number of rotatable bonds is 12. The van der Waals surface area contributed by atoms with E-state index in [-0.39, 0.29) is 24.8 Å². The summed E-state index contributed by atoms with van der Waals surface area (Å²) in [7, 11) is 1.60. The summed E-state index contributed by atoms with van der Waals surface area (Å²) >= 11 is 0. The molecule has 3 aromatic carbocycles. The van der Waals surface area contributed by atoms with E-state index in [0.717, 1.165) is 16.9 Å². The van der Waals surface area contributed by atoms with Crippen LogP contribution in [0.1, 0.15) is 38.3 Å². The second-order valence-corrected chi connectivity index (χ2v) is 9.16. The van der Waals surface area contributed by atoms with E-state index in [1.54, 1.807) is 54.7 Å². The fourth-order valence-corrected chi connectivity index (χ4v) is 4.37. The third kappa shape index (κ3) is 7.32. The molecule has 8 heteroatoms. The van der Waals surface area contributed by atoms with Crippen LogP contribution in [0.4, 0.5) is 0 Å². The molecule has 0 fully saturated rings. The zero-order chi connectivity index (χ0) is 28.3. The number of methoxy groups -OCH3 is 1. The van der Waals surface area contributed by atoms with Crippen molar-refractivity contribution in [3.05, 3.63) is 120 Å². The Balaban J connectivity index is 1.58. The van der Waals surface area contributed by atoms with Crippen molar-refractivity contribution in [3.63, 3.8) is 0 Å². The average molecular weight is 538 g/mol. The van der Waals surface area contributed by atoms with E-state index >= 15 is 0 Å². The first-order chi connectivity index (χ1) is 19.5. The maximum Gasteiger partial charge on any atom is 0.305 e. The summed E-state index contributed by atoms with van der Waals surface area (Å²) in [6, 6.07) is 25.4. The number of carboxylic acids is 1. The Morgan fingerprint density at radius 1 is 0.800 bits per heavy atom. The molecule has 0 unspecified atom stereocenters. The van der Waals surface area contributed by atoms with E-state index in [2.05, 4.69) is 10.3 Å². The Bertz CT molecular complexity index is 1460. The van der Waals surface area contributed by atoms with Gasteiger partial charge in [0.2, 0.25) is 0 Å². The number of carbonyl (C=O) groups is 3. The summed E-state index contributed by atoms with van der Waals surface area (Å²) < 4.78 is 5.19. The molecule has 4 aromatic rings. The van der Waals surface area contributed by atoms with Crippen LogP contribution in [0.5, 0.6) is 5.75 Å². The van der Waals surface area contributed by atoms with Crippen molar-refractivity contribution in [1.82, 2.24) is 15.2 Å². The highest BCUT2D eigenvalue weighted by molar-refractivity contribution is 6.06. The van der Waals surface area contributed by atoms with Crippen molar-refractivity contribution in [1.29, 1.82) is 0 Å². The van der Waals surface area contributed by atoms with Gasteiger partial charge >= 0.3 is 5.97 Å². The van der Waals surface area contributed by atoms with Gasteiger partial charge in [0.25, 0.3) is 11.8 Å². The molecule has 204 valence electrons. The number of benzene rings is 3. The topological polar surface area (TPSA) is 109 Å². The van der Waals surface area contributed by atoms with Gasteiger partial charge in [0.05, 0.1) is 13.5 Å². The average Bonchev–Trinajstić information content (AvgIpc) is 3.00. The molecule has 0 aliphatic rings. The van der Waals surface area contributed by atoms with Gasteiger partial charge in [0.1, 0.15) is 5.75 Å². The largest absolute Gasteiger partial charge is 0.497 e. The number of hydrogen-bond donors (Lipinski definition) is 2. The van der Waals surface area contributed by atoms with Crippen LogP contribution in [0, 0.1) is 0 Å². The van der Waals surface area contributed by atoms with Crippen LogP contribution in [0.25, 0.3) is 11.1 Å². The van der Waals surface area contributed by atoms with Gasteiger partial charge in [-0.15, -0.1) is 0 Å². The third-order valence-electron chi connectivity index (χ3n) is 6.53. The van der Waals surface area contributed by atoms with Crippen LogP contribution in [-0.4, -0.2) is 53.0 Å². The van der Waals surface area contributed by atoms with E-state index in [1.807, 2.05) is 54.6 Å². The molecule has 0 saturated carbocycles. The van der Waals surface area contributed by atoms with Crippen LogP contribution in [-0.2, 0) is 17.8 Å². The minimum atomic E-state index is -0.978. The lowest BCUT2D eigenvalue weighted by atomic mass is 9.94. The zero-order valence-corrected chi connectivity index (χ0v) is 22.2. The Labute approximate surface area is 233 Å². The maximum atomic E-state index is 13.8. The van der Waals surface area contributed by atoms with Crippen LogP contribution in [0.2, 0.25) is 0 Å². The van der Waals surface area contributed by atoms with E-state index < -0.39 is 5.97 Å². The molecule has 0 aliphatic heterocycles. The van der Waals surface area contributed by atoms with Crippen LogP contribution in [0.3, 0.4) is 0 Å². The van der Waals surface area contributed by atoms with Gasteiger partial charge in [0.15, 0.2) is 0 Å². The number of nitrogens with zero attached hydrogens (tertiary/aromatic N) is 2. The number of pyridine rings is 1. The highest BCUT2D eigenvalue weighted by Crippen LogP contribution is 2.28. The summed E-state index contributed by atoms with van der Waals surface area (Å²) in [5.74, 6) is -0.804. The quantitative estimate of drug-likeness (QED) is 0.268. The summed E-state index contributed by atoms with van der Waals surface area (Å²) in [5, 5.41) is 12.3. The van der Waals surface area contributed by atoms with Crippen molar-refractivity contribution >= 4 is 17.8 Å². The first-order valence-corrected chi connectivity index (χ1v) is 13.0. The lowest BCUT2D eigenvalue weighted by Gasteiger charge is -2.24. The maximum absolute atomic E-state index is 13.8. The number of aliphatic carboxylic acids is 1. The fraction of sp³-hybridized carbons (Fsp3) is 0.188. The molecule has 2 N–H and O–H groups in total. The van der Waals surface area contributed by atoms with Gasteiger partial charge in [-0.2, -0.15) is 0 Å². The molecule has 0 aliphatic carbocycles. The molecule has 2 amide bonds. The van der Waals surface area contributed by atoms with Gasteiger partial charge in [-0.25, -0.2) is 0 Å². The smallest absolute Gasteiger partial charge is 0.305 e. The number of hydrogen-bond acceptors (Lipinski definition) is 5. The minimum absolute atomic E-state index is 0.0670. The molecule has 40 heavy (non-hydrogen) atoms. The summed E-state index contributed by atoms with van der Waals surface area (Å²) in [4.78, 5) is 44.0. The minimum Gasteiger partial charge on any atom is -0.497 e. The lowest BCUT2D eigenvalue weighted by molar-refractivity contribution is -0.137. The molecule has 0 atom stereocenters. The van der Waals surface area contributed by atoms with Crippen molar-refractivity contribution in [2.45, 2.75) is 19.4 Å². The van der Waals surface area contributed by atoms with Crippen LogP contribution in [0.15, 0.2) is 97.3 Å². The van der Waals surface area contributed by atoms with Gasteiger partial charge in [0, 0.05) is 43.2 Å². The number of carbonyl (C=O) groups excluding carboxylic acids is 2. The van der Waals surface area contributed by atoms with E-state index in [1.165, 1.54) is 0 Å². The molecule has 1 heterocycles. The number of aromatic nitrogens is 1. The van der Waals surface area contributed by atoms with Crippen molar-refractivity contribution in [2.75, 3.05) is 20.2 Å².